The van der Waals surface area contributed by atoms with Crippen molar-refractivity contribution in [3.05, 3.63) is 112 Å². The molecule has 7 heteroatoms. The molecule has 29 heavy (non-hydrogen) atoms. The molecule has 0 bridgehead atoms. The molecule has 2 heterocycles. The molecule has 0 amide bonds. The Morgan fingerprint density at radius 1 is 0.448 bits per heavy atom. The minimum Gasteiger partial charge on any atom is -0.256 e. The third-order valence-corrected chi connectivity index (χ3v) is 3.02. The van der Waals surface area contributed by atoms with Crippen molar-refractivity contribution in [1.29, 1.82) is 0 Å². The number of nitrogens with zero attached hydrogens (tertiary/aromatic N) is 2. The van der Waals surface area contributed by atoms with E-state index in [1.54, 1.807) is 0 Å². The minimum absolute atomic E-state index is 0. The maximum absolute atomic E-state index is 7.50. The van der Waals surface area contributed by atoms with Gasteiger partial charge in [-0.3, -0.25) is 9.97 Å². The molecule has 0 radical (unpaired) electrons. The van der Waals surface area contributed by atoms with Gasteiger partial charge in [-0.05, 0) is 24.3 Å². The molecule has 0 N–H and O–H groups in total. The molecular weight excluding hydrogens is 452 g/mol. The van der Waals surface area contributed by atoms with Crippen LogP contribution >= 0.6 is 0 Å². The molecular formula is C22H14MoN2O4. The Labute approximate surface area is 183 Å². The van der Waals surface area contributed by atoms with E-state index < -0.39 is 0 Å². The number of pyridine rings is 2. The molecule has 142 valence electrons. The van der Waals surface area contributed by atoms with E-state index in [1.807, 2.05) is 60.9 Å². The standard InChI is InChI=1S/2C9H7N.4CO.Mo/c2*1-2-6-9-8(4-1)5-3-7-10-9;4*1-2;/h2*1-7H;;;;;. The Kier molecular flexibility index (Phi) is 24.2. The topological polar surface area (TPSA) is 105 Å². The zero-order chi connectivity index (χ0) is 21.6. The zero-order valence-electron chi connectivity index (χ0n) is 15.0. The molecule has 0 atom stereocenters. The van der Waals surface area contributed by atoms with Gasteiger partial charge in [0.2, 0.25) is 0 Å². The van der Waals surface area contributed by atoms with Crippen molar-refractivity contribution in [3.8, 4) is 0 Å². The number of fused-ring (bicyclic) bond motifs is 2. The predicted octanol–water partition coefficient (Wildman–Crippen LogP) is 4.32. The summed E-state index contributed by atoms with van der Waals surface area (Å²) in [6.07, 6.45) is 3.62. The molecule has 0 saturated carbocycles. The van der Waals surface area contributed by atoms with E-state index in [1.165, 1.54) is 10.8 Å². The van der Waals surface area contributed by atoms with E-state index >= 15 is 0 Å². The molecule has 6 nitrogen and oxygen atoms in total. The Hall–Kier alpha value is -3.09. The van der Waals surface area contributed by atoms with E-state index in [0.29, 0.717) is 0 Å². The first-order valence-corrected chi connectivity index (χ1v) is 7.35. The molecule has 0 unspecified atom stereocenters. The van der Waals surface area contributed by atoms with Crippen molar-refractivity contribution in [2.75, 3.05) is 0 Å². The first-order chi connectivity index (χ1) is 13.9. The molecule has 2 aromatic heterocycles. The molecule has 2 aromatic carbocycles. The van der Waals surface area contributed by atoms with E-state index in [9.17, 15) is 0 Å². The van der Waals surface area contributed by atoms with E-state index in [4.69, 9.17) is 18.6 Å². The summed E-state index contributed by atoms with van der Waals surface area (Å²) in [6.45, 7) is 18.0. The summed E-state index contributed by atoms with van der Waals surface area (Å²) < 4.78 is 30.0. The summed E-state index contributed by atoms with van der Waals surface area (Å²) in [4.78, 5) is 8.36. The van der Waals surface area contributed by atoms with Crippen LogP contribution in [0.1, 0.15) is 0 Å². The fourth-order valence-corrected chi connectivity index (χ4v) is 2.03. The van der Waals surface area contributed by atoms with Gasteiger partial charge in [-0.15, -0.1) is 0 Å². The van der Waals surface area contributed by atoms with Gasteiger partial charge >= 0.3 is 45.2 Å². The second-order valence-corrected chi connectivity index (χ2v) is 4.39. The van der Waals surface area contributed by atoms with Gasteiger partial charge in [0.05, 0.1) is 11.0 Å². The molecule has 0 spiro atoms. The largest absolute Gasteiger partial charge is 0.256 e. The quantitative estimate of drug-likeness (QED) is 0.219. The maximum atomic E-state index is 7.50. The molecule has 0 aliphatic heterocycles. The number of aromatic nitrogens is 2. The first-order valence-electron chi connectivity index (χ1n) is 7.35. The minimum atomic E-state index is 0. The molecule has 4 rings (SSSR count). The smallest absolute Gasteiger partial charge is 0.0701 e. The average Bonchev–Trinajstić information content (AvgIpc) is 2.85. The van der Waals surface area contributed by atoms with Gasteiger partial charge in [-0.25, -0.2) is 0 Å². The van der Waals surface area contributed by atoms with Crippen LogP contribution in [0.3, 0.4) is 0 Å². The number of rotatable bonds is 0. The summed E-state index contributed by atoms with van der Waals surface area (Å²) in [5.74, 6) is 0. The Balaban J connectivity index is -0.000000340. The van der Waals surface area contributed by atoms with E-state index in [2.05, 4.69) is 60.8 Å². The van der Waals surface area contributed by atoms with E-state index in [-0.39, 0.29) is 21.1 Å². The first kappa shape index (κ1) is 30.6. The van der Waals surface area contributed by atoms with Crippen LogP contribution in [0.25, 0.3) is 21.8 Å². The van der Waals surface area contributed by atoms with Gasteiger partial charge in [0.15, 0.2) is 0 Å². The van der Waals surface area contributed by atoms with Crippen molar-refractivity contribution < 1.29 is 39.7 Å². The van der Waals surface area contributed by atoms with Crippen molar-refractivity contribution in [2.24, 2.45) is 0 Å². The number of benzene rings is 2. The zero-order valence-corrected chi connectivity index (χ0v) is 17.0. The van der Waals surface area contributed by atoms with Crippen LogP contribution < -0.4 is 0 Å². The molecule has 0 aliphatic rings. The fraction of sp³-hybridized carbons (Fsp3) is 0. The second kappa shape index (κ2) is 22.9. The van der Waals surface area contributed by atoms with E-state index in [0.717, 1.165) is 11.0 Å². The van der Waals surface area contributed by atoms with Crippen LogP contribution in [0, 0.1) is 26.6 Å². The summed E-state index contributed by atoms with van der Waals surface area (Å²) in [6, 6.07) is 24.2. The summed E-state index contributed by atoms with van der Waals surface area (Å²) in [5, 5.41) is 2.40. The summed E-state index contributed by atoms with van der Waals surface area (Å²) in [5.41, 5.74) is 2.12. The van der Waals surface area contributed by atoms with Gasteiger partial charge in [0.25, 0.3) is 0 Å². The third-order valence-electron chi connectivity index (χ3n) is 3.02. The van der Waals surface area contributed by atoms with Crippen molar-refractivity contribution in [3.63, 3.8) is 0 Å². The van der Waals surface area contributed by atoms with Crippen molar-refractivity contribution >= 4 is 21.8 Å². The number of hydrogen-bond acceptors (Lipinski definition) is 2. The maximum Gasteiger partial charge on any atom is 0.0701 e. The Morgan fingerprint density at radius 3 is 1.03 bits per heavy atom. The molecule has 0 fully saturated rings. The third kappa shape index (κ3) is 12.1. The van der Waals surface area contributed by atoms with Gasteiger partial charge in [0, 0.05) is 44.2 Å². The van der Waals surface area contributed by atoms with Crippen LogP contribution in [-0.4, -0.2) is 9.97 Å². The second-order valence-electron chi connectivity index (χ2n) is 4.39. The van der Waals surface area contributed by atoms with Crippen molar-refractivity contribution in [1.82, 2.24) is 9.97 Å². The summed E-state index contributed by atoms with van der Waals surface area (Å²) >= 11 is 0. The average molecular weight is 466 g/mol. The Bertz CT molecular complexity index is 788. The van der Waals surface area contributed by atoms with Crippen LogP contribution in [0.4, 0.5) is 0 Å². The fourth-order valence-electron chi connectivity index (χ4n) is 2.03. The monoisotopic (exact) mass is 468 g/mol. The van der Waals surface area contributed by atoms with Gasteiger partial charge in [-0.1, -0.05) is 48.5 Å². The van der Waals surface area contributed by atoms with Crippen molar-refractivity contribution in [2.45, 2.75) is 0 Å². The van der Waals surface area contributed by atoms with Crippen LogP contribution in [0.2, 0.25) is 0 Å². The summed E-state index contributed by atoms with van der Waals surface area (Å²) in [7, 11) is 0. The predicted molar refractivity (Wildman–Crippen MR) is 99.2 cm³/mol. The molecule has 0 saturated heterocycles. The van der Waals surface area contributed by atoms with Crippen LogP contribution in [-0.2, 0) is 39.7 Å². The van der Waals surface area contributed by atoms with Gasteiger partial charge in [-0.2, -0.15) is 0 Å². The number of para-hydroxylation sites is 2. The van der Waals surface area contributed by atoms with Gasteiger partial charge in [0.1, 0.15) is 0 Å². The van der Waals surface area contributed by atoms with Gasteiger partial charge < -0.3 is 0 Å². The Morgan fingerprint density at radius 2 is 0.724 bits per heavy atom. The normalized spacial score (nSPS) is 7.17. The molecule has 0 aliphatic carbocycles. The van der Waals surface area contributed by atoms with Crippen LogP contribution in [0.15, 0.2) is 85.2 Å². The van der Waals surface area contributed by atoms with Crippen LogP contribution in [0.5, 0.6) is 0 Å². The molecule has 4 aromatic rings. The number of hydrogen-bond donors (Lipinski definition) is 0. The SMILES string of the molecule is [C-]#[O+].[C-]#[O+].[C-]#[O+].[C-]#[O+].[Mo].c1ccc2ncccc2c1.c1ccc2ncccc2c1.